The van der Waals surface area contributed by atoms with Crippen molar-refractivity contribution in [1.82, 2.24) is 9.47 Å². The average Bonchev–Trinajstić information content (AvgIpc) is 3.16. The van der Waals surface area contributed by atoms with Crippen molar-refractivity contribution in [3.05, 3.63) is 62.7 Å². The van der Waals surface area contributed by atoms with Crippen LogP contribution in [0.3, 0.4) is 0 Å². The standard InChI is InChI=1S/C21H22N3O5/c25-20(9-13-1-2-15-5-6-29-19(15)8-13)22-10-14-7-16(12-22)17-3-4-18(24(27)28)21(26)23(17)11-14/h1-4,8,14,16,27H,5-7,9-12H2/q-1. The number of ether oxygens (including phenoxy) is 1. The van der Waals surface area contributed by atoms with E-state index in [1.807, 2.05) is 23.1 Å². The van der Waals surface area contributed by atoms with Crippen LogP contribution in [0.5, 0.6) is 5.75 Å². The molecule has 3 aliphatic rings. The van der Waals surface area contributed by atoms with Crippen LogP contribution in [0.1, 0.15) is 29.2 Å². The number of carbonyl (C=O) groups excluding carboxylic acids is 1. The van der Waals surface area contributed by atoms with Crippen LogP contribution in [0.4, 0.5) is 5.69 Å². The second-order valence-electron chi connectivity index (χ2n) is 8.15. The van der Waals surface area contributed by atoms with Crippen LogP contribution in [0.15, 0.2) is 35.1 Å². The van der Waals surface area contributed by atoms with Crippen LogP contribution in [-0.2, 0) is 24.2 Å². The number of hydrogen-bond donors (Lipinski definition) is 1. The number of pyridine rings is 1. The summed E-state index contributed by atoms with van der Waals surface area (Å²) in [6.07, 6.45) is 2.16. The van der Waals surface area contributed by atoms with Gasteiger partial charge in [0.25, 0.3) is 5.56 Å². The second-order valence-corrected chi connectivity index (χ2v) is 8.15. The maximum atomic E-state index is 13.0. The summed E-state index contributed by atoms with van der Waals surface area (Å²) in [5, 5.41) is 19.9. The van der Waals surface area contributed by atoms with E-state index >= 15 is 0 Å². The number of carbonyl (C=O) groups is 1. The van der Waals surface area contributed by atoms with Crippen molar-refractivity contribution >= 4 is 11.6 Å². The highest BCUT2D eigenvalue weighted by Gasteiger charge is 2.36. The summed E-state index contributed by atoms with van der Waals surface area (Å²) in [5.74, 6) is 1.16. The molecule has 5 rings (SSSR count). The predicted octanol–water partition coefficient (Wildman–Crippen LogP) is 1.66. The van der Waals surface area contributed by atoms with Gasteiger partial charge in [-0.25, -0.2) is 0 Å². The molecule has 1 amide bonds. The fraction of sp³-hybridized carbons (Fsp3) is 0.429. The molecule has 0 saturated carbocycles. The molecule has 3 aliphatic heterocycles. The first-order chi connectivity index (χ1) is 14.0. The number of piperidine rings is 1. The lowest BCUT2D eigenvalue weighted by Crippen LogP contribution is -2.49. The molecule has 2 aromatic rings. The smallest absolute Gasteiger partial charge is 0.275 e. The Labute approximate surface area is 167 Å². The van der Waals surface area contributed by atoms with Gasteiger partial charge in [0.1, 0.15) is 11.4 Å². The fourth-order valence-electron chi connectivity index (χ4n) is 4.89. The third-order valence-corrected chi connectivity index (χ3v) is 6.26. The van der Waals surface area contributed by atoms with E-state index in [9.17, 15) is 14.8 Å². The number of anilines is 1. The first kappa shape index (κ1) is 18.2. The molecule has 2 bridgehead atoms. The molecule has 0 aliphatic carbocycles. The van der Waals surface area contributed by atoms with Crippen LogP contribution in [0.2, 0.25) is 0 Å². The van der Waals surface area contributed by atoms with Gasteiger partial charge in [0.2, 0.25) is 5.91 Å². The summed E-state index contributed by atoms with van der Waals surface area (Å²) in [5.41, 5.74) is 2.20. The van der Waals surface area contributed by atoms with Crippen LogP contribution in [-0.4, -0.2) is 40.3 Å². The van der Waals surface area contributed by atoms with E-state index in [1.165, 1.54) is 11.6 Å². The van der Waals surface area contributed by atoms with E-state index < -0.39 is 5.56 Å². The Hall–Kier alpha value is -2.84. The summed E-state index contributed by atoms with van der Waals surface area (Å²) >= 11 is 0. The van der Waals surface area contributed by atoms with Crippen molar-refractivity contribution in [2.24, 2.45) is 5.92 Å². The van der Waals surface area contributed by atoms with Gasteiger partial charge >= 0.3 is 0 Å². The quantitative estimate of drug-likeness (QED) is 0.793. The molecule has 29 heavy (non-hydrogen) atoms. The fourth-order valence-corrected chi connectivity index (χ4v) is 4.89. The predicted molar refractivity (Wildman–Crippen MR) is 105 cm³/mol. The lowest BCUT2D eigenvalue weighted by molar-refractivity contribution is -0.133. The number of fused-ring (bicyclic) bond motifs is 5. The highest BCUT2D eigenvalue weighted by molar-refractivity contribution is 5.79. The zero-order valence-corrected chi connectivity index (χ0v) is 15.9. The summed E-state index contributed by atoms with van der Waals surface area (Å²) in [6.45, 7) is 2.29. The van der Waals surface area contributed by atoms with E-state index in [1.54, 1.807) is 10.6 Å². The molecule has 2 atom stereocenters. The zero-order valence-electron chi connectivity index (χ0n) is 15.9. The maximum absolute atomic E-state index is 13.0. The molecule has 1 aromatic carbocycles. The largest absolute Gasteiger partial charge is 0.733 e. The highest BCUT2D eigenvalue weighted by atomic mass is 16.8. The SMILES string of the molecule is O=C(Cc1ccc2c(c1)OCC2)N1CC2CC(C1)c1ccc(N([O-])O)c(=O)n1C2. The first-order valence-corrected chi connectivity index (χ1v) is 9.92. The van der Waals surface area contributed by atoms with Gasteiger partial charge in [0.05, 0.1) is 13.0 Å². The van der Waals surface area contributed by atoms with Crippen molar-refractivity contribution < 1.29 is 14.7 Å². The van der Waals surface area contributed by atoms with Crippen LogP contribution < -0.4 is 15.5 Å². The highest BCUT2D eigenvalue weighted by Crippen LogP contribution is 2.36. The number of amides is 1. The number of rotatable bonds is 3. The molecule has 8 nitrogen and oxygen atoms in total. The van der Waals surface area contributed by atoms with Crippen molar-refractivity contribution in [2.45, 2.75) is 31.7 Å². The third kappa shape index (κ3) is 3.18. The molecule has 1 N–H and O–H groups in total. The Morgan fingerprint density at radius 3 is 2.93 bits per heavy atom. The van der Waals surface area contributed by atoms with E-state index in [-0.39, 0.29) is 28.7 Å². The van der Waals surface area contributed by atoms with Crippen molar-refractivity contribution in [3.8, 4) is 5.75 Å². The number of benzene rings is 1. The number of nitrogens with zero attached hydrogens (tertiary/aromatic N) is 3. The van der Waals surface area contributed by atoms with Gasteiger partial charge in [-0.2, -0.15) is 0 Å². The Bertz CT molecular complexity index is 1030. The van der Waals surface area contributed by atoms with Crippen molar-refractivity contribution in [2.75, 3.05) is 24.9 Å². The van der Waals surface area contributed by atoms with Gasteiger partial charge in [-0.3, -0.25) is 14.8 Å². The Morgan fingerprint density at radius 1 is 1.24 bits per heavy atom. The summed E-state index contributed by atoms with van der Waals surface area (Å²) < 4.78 is 7.18. The number of hydrogen-bond acceptors (Lipinski definition) is 6. The van der Waals surface area contributed by atoms with Gasteiger partial charge in [-0.1, -0.05) is 12.1 Å². The molecule has 1 saturated heterocycles. The van der Waals surface area contributed by atoms with Gasteiger partial charge < -0.3 is 24.6 Å². The third-order valence-electron chi connectivity index (χ3n) is 6.26. The molecule has 0 spiro atoms. The molecular formula is C21H22N3O5-. The first-order valence-electron chi connectivity index (χ1n) is 9.92. The van der Waals surface area contributed by atoms with Crippen molar-refractivity contribution in [3.63, 3.8) is 0 Å². The monoisotopic (exact) mass is 396 g/mol. The van der Waals surface area contributed by atoms with Crippen LogP contribution in [0, 0.1) is 11.1 Å². The van der Waals surface area contributed by atoms with E-state index in [0.29, 0.717) is 32.7 Å². The normalized spacial score (nSPS) is 21.9. The molecule has 0 radical (unpaired) electrons. The average molecular weight is 396 g/mol. The van der Waals surface area contributed by atoms with E-state index in [4.69, 9.17) is 9.94 Å². The number of aromatic nitrogens is 1. The lowest BCUT2D eigenvalue weighted by Gasteiger charge is -2.43. The molecule has 8 heteroatoms. The van der Waals surface area contributed by atoms with E-state index in [2.05, 4.69) is 0 Å². The lowest BCUT2D eigenvalue weighted by atomic mass is 9.83. The van der Waals surface area contributed by atoms with E-state index in [0.717, 1.165) is 29.8 Å². The van der Waals surface area contributed by atoms with Gasteiger partial charge in [-0.05, 0) is 41.7 Å². The maximum Gasteiger partial charge on any atom is 0.275 e. The minimum atomic E-state index is -0.479. The minimum absolute atomic E-state index is 0.0512. The topological polar surface area (TPSA) is 98.1 Å². The van der Waals surface area contributed by atoms with Gasteiger partial charge in [0.15, 0.2) is 0 Å². The number of likely N-dealkylation sites (tertiary alicyclic amines) is 1. The summed E-state index contributed by atoms with van der Waals surface area (Å²) in [7, 11) is 0. The Balaban J connectivity index is 1.35. The minimum Gasteiger partial charge on any atom is -0.733 e. The van der Waals surface area contributed by atoms with Gasteiger partial charge in [0, 0.05) is 37.7 Å². The Kier molecular flexibility index (Phi) is 4.33. The van der Waals surface area contributed by atoms with Crippen LogP contribution >= 0.6 is 0 Å². The molecule has 1 aromatic heterocycles. The molecule has 2 unspecified atom stereocenters. The zero-order chi connectivity index (χ0) is 20.1. The Morgan fingerprint density at radius 2 is 2.10 bits per heavy atom. The van der Waals surface area contributed by atoms with Gasteiger partial charge in [-0.15, -0.1) is 0 Å². The van der Waals surface area contributed by atoms with Crippen molar-refractivity contribution in [1.29, 1.82) is 0 Å². The molecule has 1 fully saturated rings. The second kappa shape index (κ2) is 6.89. The van der Waals surface area contributed by atoms with Crippen LogP contribution in [0.25, 0.3) is 0 Å². The molecule has 4 heterocycles. The summed E-state index contributed by atoms with van der Waals surface area (Å²) in [6, 6.07) is 9.06. The molecule has 152 valence electrons. The molecular weight excluding hydrogens is 374 g/mol. The summed E-state index contributed by atoms with van der Waals surface area (Å²) in [4.78, 5) is 27.4.